The van der Waals surface area contributed by atoms with Crippen molar-refractivity contribution in [3.05, 3.63) is 40.6 Å². The van der Waals surface area contributed by atoms with Crippen molar-refractivity contribution < 1.29 is 19.1 Å². The van der Waals surface area contributed by atoms with Crippen LogP contribution in [0.25, 0.3) is 0 Å². The summed E-state index contributed by atoms with van der Waals surface area (Å²) in [5.74, 6) is 1.23. The van der Waals surface area contributed by atoms with Crippen LogP contribution in [0.5, 0.6) is 11.5 Å². The second-order valence-corrected chi connectivity index (χ2v) is 7.51. The fraction of sp³-hybridized carbons (Fsp3) is 0.429. The Hall–Kier alpha value is -2.54. The Morgan fingerprint density at radius 1 is 1.11 bits per heavy atom. The maximum Gasteiger partial charge on any atom is 0.263 e. The fourth-order valence-electron chi connectivity index (χ4n) is 3.27. The summed E-state index contributed by atoms with van der Waals surface area (Å²) in [6, 6.07) is 9.15. The van der Waals surface area contributed by atoms with Crippen LogP contribution in [0.15, 0.2) is 35.7 Å². The fourth-order valence-corrected chi connectivity index (χ4v) is 3.96. The normalized spacial score (nSPS) is 14.6. The zero-order valence-electron chi connectivity index (χ0n) is 16.3. The summed E-state index contributed by atoms with van der Waals surface area (Å²) >= 11 is 1.45. The molecule has 2 amide bonds. The first-order valence-corrected chi connectivity index (χ1v) is 10.5. The van der Waals surface area contributed by atoms with Gasteiger partial charge in [-0.05, 0) is 50.3 Å². The van der Waals surface area contributed by atoms with Crippen molar-refractivity contribution >= 4 is 28.8 Å². The van der Waals surface area contributed by atoms with Crippen molar-refractivity contribution in [2.75, 3.05) is 31.6 Å². The number of piperidine rings is 1. The standard InChI is InChI=1S/C21H26N2O4S/c1-3-26-17-8-7-16(14-18(17)27-4-2)22-20(24)15-9-11-23(12-10-15)21(25)19-6-5-13-28-19/h5-8,13-15H,3-4,9-12H2,1-2H3,(H,22,24). The summed E-state index contributed by atoms with van der Waals surface area (Å²) in [6.45, 7) is 6.10. The molecule has 2 heterocycles. The monoisotopic (exact) mass is 402 g/mol. The van der Waals surface area contributed by atoms with Crippen LogP contribution in [-0.2, 0) is 4.79 Å². The molecule has 2 aromatic rings. The van der Waals surface area contributed by atoms with Crippen LogP contribution in [-0.4, -0.2) is 43.0 Å². The maximum atomic E-state index is 12.7. The van der Waals surface area contributed by atoms with Gasteiger partial charge in [0.1, 0.15) is 0 Å². The number of hydrogen-bond acceptors (Lipinski definition) is 5. The molecule has 28 heavy (non-hydrogen) atoms. The SMILES string of the molecule is CCOc1ccc(NC(=O)C2CCN(C(=O)c3cccs3)CC2)cc1OCC. The predicted molar refractivity (Wildman–Crippen MR) is 110 cm³/mol. The third-order valence-electron chi connectivity index (χ3n) is 4.70. The van der Waals surface area contributed by atoms with Crippen molar-refractivity contribution in [2.24, 2.45) is 5.92 Å². The Morgan fingerprint density at radius 3 is 2.46 bits per heavy atom. The highest BCUT2D eigenvalue weighted by Gasteiger charge is 2.28. The largest absolute Gasteiger partial charge is 0.490 e. The number of amides is 2. The molecule has 0 radical (unpaired) electrons. The number of rotatable bonds is 7. The lowest BCUT2D eigenvalue weighted by Crippen LogP contribution is -2.41. The molecule has 1 aliphatic rings. The third-order valence-corrected chi connectivity index (χ3v) is 5.55. The van der Waals surface area contributed by atoms with E-state index in [4.69, 9.17) is 9.47 Å². The lowest BCUT2D eigenvalue weighted by atomic mass is 9.95. The molecule has 0 aliphatic carbocycles. The summed E-state index contributed by atoms with van der Waals surface area (Å²) in [5, 5.41) is 4.88. The molecule has 0 atom stereocenters. The summed E-state index contributed by atoms with van der Waals surface area (Å²) in [5.41, 5.74) is 0.689. The molecule has 3 rings (SSSR count). The molecule has 0 unspecified atom stereocenters. The average molecular weight is 403 g/mol. The van der Waals surface area contributed by atoms with E-state index in [0.717, 1.165) is 4.88 Å². The van der Waals surface area contributed by atoms with Gasteiger partial charge in [0, 0.05) is 30.8 Å². The Balaban J connectivity index is 1.57. The van der Waals surface area contributed by atoms with Gasteiger partial charge in [-0.1, -0.05) is 6.07 Å². The van der Waals surface area contributed by atoms with Crippen LogP contribution >= 0.6 is 11.3 Å². The Bertz CT molecular complexity index is 799. The zero-order chi connectivity index (χ0) is 19.9. The summed E-state index contributed by atoms with van der Waals surface area (Å²) in [6.07, 6.45) is 1.33. The number of nitrogens with zero attached hydrogens (tertiary/aromatic N) is 1. The molecule has 7 heteroatoms. The van der Waals surface area contributed by atoms with E-state index in [1.54, 1.807) is 6.07 Å². The molecule has 0 bridgehead atoms. The van der Waals surface area contributed by atoms with Crippen LogP contribution in [0.2, 0.25) is 0 Å². The maximum absolute atomic E-state index is 12.7. The lowest BCUT2D eigenvalue weighted by molar-refractivity contribution is -0.121. The number of nitrogens with one attached hydrogen (secondary N) is 1. The van der Waals surface area contributed by atoms with E-state index in [2.05, 4.69) is 5.32 Å². The summed E-state index contributed by atoms with van der Waals surface area (Å²) < 4.78 is 11.2. The van der Waals surface area contributed by atoms with Gasteiger partial charge in [0.2, 0.25) is 5.91 Å². The van der Waals surface area contributed by atoms with Crippen molar-refractivity contribution in [1.29, 1.82) is 0 Å². The lowest BCUT2D eigenvalue weighted by Gasteiger charge is -2.31. The number of carbonyl (C=O) groups excluding carboxylic acids is 2. The van der Waals surface area contributed by atoms with Crippen LogP contribution in [0.4, 0.5) is 5.69 Å². The van der Waals surface area contributed by atoms with Crippen LogP contribution in [0.1, 0.15) is 36.4 Å². The first-order valence-electron chi connectivity index (χ1n) is 9.65. The van der Waals surface area contributed by atoms with E-state index < -0.39 is 0 Å². The van der Waals surface area contributed by atoms with Gasteiger partial charge >= 0.3 is 0 Å². The van der Waals surface area contributed by atoms with Gasteiger partial charge in [-0.25, -0.2) is 0 Å². The molecule has 1 saturated heterocycles. The van der Waals surface area contributed by atoms with E-state index >= 15 is 0 Å². The van der Waals surface area contributed by atoms with Gasteiger partial charge < -0.3 is 19.7 Å². The van der Waals surface area contributed by atoms with Crippen LogP contribution in [0, 0.1) is 5.92 Å². The molecule has 1 aliphatic heterocycles. The Morgan fingerprint density at radius 2 is 1.82 bits per heavy atom. The van der Waals surface area contributed by atoms with Crippen molar-refractivity contribution in [2.45, 2.75) is 26.7 Å². The number of ether oxygens (including phenoxy) is 2. The topological polar surface area (TPSA) is 67.9 Å². The minimum absolute atomic E-state index is 0.0187. The Kier molecular flexibility index (Phi) is 6.92. The van der Waals surface area contributed by atoms with E-state index in [-0.39, 0.29) is 17.7 Å². The number of likely N-dealkylation sites (tertiary alicyclic amines) is 1. The van der Waals surface area contributed by atoms with Crippen molar-refractivity contribution in [3.8, 4) is 11.5 Å². The third kappa shape index (κ3) is 4.84. The van der Waals surface area contributed by atoms with Gasteiger partial charge in [-0.15, -0.1) is 11.3 Å². The minimum Gasteiger partial charge on any atom is -0.490 e. The summed E-state index contributed by atoms with van der Waals surface area (Å²) in [4.78, 5) is 27.7. The highest BCUT2D eigenvalue weighted by atomic mass is 32.1. The van der Waals surface area contributed by atoms with Gasteiger partial charge in [-0.3, -0.25) is 9.59 Å². The number of thiophene rings is 1. The molecule has 0 spiro atoms. The molecule has 6 nitrogen and oxygen atoms in total. The van der Waals surface area contributed by atoms with Crippen molar-refractivity contribution in [1.82, 2.24) is 4.90 Å². The van der Waals surface area contributed by atoms with Gasteiger partial charge in [0.05, 0.1) is 18.1 Å². The molecule has 0 saturated carbocycles. The smallest absolute Gasteiger partial charge is 0.263 e. The summed E-state index contributed by atoms with van der Waals surface area (Å²) in [7, 11) is 0. The Labute approximate surface area is 169 Å². The zero-order valence-corrected chi connectivity index (χ0v) is 17.1. The first kappa shape index (κ1) is 20.2. The predicted octanol–water partition coefficient (Wildman–Crippen LogP) is 4.04. The van der Waals surface area contributed by atoms with Crippen molar-refractivity contribution in [3.63, 3.8) is 0 Å². The molecule has 1 aromatic heterocycles. The van der Waals surface area contributed by atoms with E-state index in [1.165, 1.54) is 11.3 Å². The molecule has 150 valence electrons. The second kappa shape index (κ2) is 9.59. The first-order chi connectivity index (χ1) is 13.6. The van der Waals surface area contributed by atoms with Gasteiger partial charge in [-0.2, -0.15) is 0 Å². The number of benzene rings is 1. The van der Waals surface area contributed by atoms with E-state index in [1.807, 2.05) is 48.4 Å². The minimum atomic E-state index is -0.102. The van der Waals surface area contributed by atoms with Gasteiger partial charge in [0.25, 0.3) is 5.91 Å². The van der Waals surface area contributed by atoms with Crippen LogP contribution in [0.3, 0.4) is 0 Å². The average Bonchev–Trinajstić information content (AvgIpc) is 3.25. The number of anilines is 1. The number of hydrogen-bond donors (Lipinski definition) is 1. The molecular weight excluding hydrogens is 376 g/mol. The molecule has 1 aromatic carbocycles. The quantitative estimate of drug-likeness (QED) is 0.759. The number of carbonyl (C=O) groups is 2. The molecule has 1 N–H and O–H groups in total. The second-order valence-electron chi connectivity index (χ2n) is 6.56. The van der Waals surface area contributed by atoms with Crippen LogP contribution < -0.4 is 14.8 Å². The molecule has 1 fully saturated rings. The van der Waals surface area contributed by atoms with E-state index in [0.29, 0.717) is 56.3 Å². The molecular formula is C21H26N2O4S. The van der Waals surface area contributed by atoms with E-state index in [9.17, 15) is 9.59 Å². The highest BCUT2D eigenvalue weighted by molar-refractivity contribution is 7.12. The van der Waals surface area contributed by atoms with Gasteiger partial charge in [0.15, 0.2) is 11.5 Å². The highest BCUT2D eigenvalue weighted by Crippen LogP contribution is 2.31.